The second-order valence-electron chi connectivity index (χ2n) is 4.99. The molecule has 2 N–H and O–H groups in total. The summed E-state index contributed by atoms with van der Waals surface area (Å²) < 4.78 is 1.95. The lowest BCUT2D eigenvalue weighted by Gasteiger charge is -2.09. The van der Waals surface area contributed by atoms with Gasteiger partial charge in [0.2, 0.25) is 0 Å². The Balaban J connectivity index is 1.83. The highest BCUT2D eigenvalue weighted by molar-refractivity contribution is 6.33. The summed E-state index contributed by atoms with van der Waals surface area (Å²) in [5.74, 6) is -1.39. The number of carbonyl (C=O) groups is 2. The second-order valence-corrected chi connectivity index (χ2v) is 5.39. The number of nitrogens with one attached hydrogen (secondary N) is 1. The van der Waals surface area contributed by atoms with Gasteiger partial charge in [-0.25, -0.2) is 4.79 Å². The first-order chi connectivity index (χ1) is 10.1. The highest BCUT2D eigenvalue weighted by atomic mass is 35.5. The SMILES string of the molecule is O=C(O)c1cc(NC(=O)c2cccn2C2CC2)ccc1Cl. The third-order valence-corrected chi connectivity index (χ3v) is 3.74. The van der Waals surface area contributed by atoms with E-state index in [4.69, 9.17) is 16.7 Å². The molecule has 0 bridgehead atoms. The van der Waals surface area contributed by atoms with Crippen LogP contribution < -0.4 is 5.32 Å². The largest absolute Gasteiger partial charge is 0.478 e. The quantitative estimate of drug-likeness (QED) is 0.909. The Labute approximate surface area is 126 Å². The Kier molecular flexibility index (Phi) is 3.43. The summed E-state index contributed by atoms with van der Waals surface area (Å²) in [5.41, 5.74) is 0.946. The third-order valence-electron chi connectivity index (χ3n) is 3.41. The number of hydrogen-bond donors (Lipinski definition) is 2. The van der Waals surface area contributed by atoms with Gasteiger partial charge in [0.15, 0.2) is 0 Å². The Morgan fingerprint density at radius 3 is 2.71 bits per heavy atom. The molecule has 1 aromatic heterocycles. The molecule has 2 aromatic rings. The fraction of sp³-hybridized carbons (Fsp3) is 0.200. The zero-order valence-electron chi connectivity index (χ0n) is 11.0. The predicted octanol–water partition coefficient (Wildman–Crippen LogP) is 3.43. The minimum atomic E-state index is -1.13. The maximum atomic E-state index is 12.3. The van der Waals surface area contributed by atoms with Crippen LogP contribution in [0.3, 0.4) is 0 Å². The van der Waals surface area contributed by atoms with Crippen molar-refractivity contribution in [1.82, 2.24) is 4.57 Å². The van der Waals surface area contributed by atoms with Crippen molar-refractivity contribution in [3.8, 4) is 0 Å². The Morgan fingerprint density at radius 1 is 1.29 bits per heavy atom. The number of halogens is 1. The molecule has 1 aliphatic carbocycles. The van der Waals surface area contributed by atoms with Gasteiger partial charge in [0.1, 0.15) is 5.69 Å². The van der Waals surface area contributed by atoms with Gasteiger partial charge in [0.05, 0.1) is 10.6 Å². The molecule has 6 heteroatoms. The molecule has 0 unspecified atom stereocenters. The van der Waals surface area contributed by atoms with Gasteiger partial charge in [-0.1, -0.05) is 11.6 Å². The minimum Gasteiger partial charge on any atom is -0.478 e. The van der Waals surface area contributed by atoms with Crippen LogP contribution in [-0.2, 0) is 0 Å². The molecule has 1 heterocycles. The van der Waals surface area contributed by atoms with E-state index in [0.717, 1.165) is 12.8 Å². The van der Waals surface area contributed by atoms with E-state index in [1.807, 2.05) is 16.8 Å². The van der Waals surface area contributed by atoms with Crippen molar-refractivity contribution in [3.05, 3.63) is 52.8 Å². The topological polar surface area (TPSA) is 71.3 Å². The van der Waals surface area contributed by atoms with Crippen LogP contribution >= 0.6 is 11.6 Å². The smallest absolute Gasteiger partial charge is 0.337 e. The molecule has 1 saturated carbocycles. The third kappa shape index (κ3) is 2.78. The van der Waals surface area contributed by atoms with Crippen molar-refractivity contribution in [3.63, 3.8) is 0 Å². The first-order valence-electron chi connectivity index (χ1n) is 6.57. The lowest BCUT2D eigenvalue weighted by atomic mass is 10.2. The van der Waals surface area contributed by atoms with Crippen molar-refractivity contribution in [2.24, 2.45) is 0 Å². The number of aromatic nitrogens is 1. The molecule has 0 saturated heterocycles. The van der Waals surface area contributed by atoms with Gasteiger partial charge in [0, 0.05) is 17.9 Å². The molecule has 1 aliphatic rings. The average Bonchev–Trinajstić information content (AvgIpc) is 3.17. The molecule has 3 rings (SSSR count). The van der Waals surface area contributed by atoms with Gasteiger partial charge in [-0.15, -0.1) is 0 Å². The van der Waals surface area contributed by atoms with Gasteiger partial charge >= 0.3 is 5.97 Å². The highest BCUT2D eigenvalue weighted by Crippen LogP contribution is 2.36. The van der Waals surface area contributed by atoms with Crippen molar-refractivity contribution >= 4 is 29.2 Å². The Morgan fingerprint density at radius 2 is 2.05 bits per heavy atom. The lowest BCUT2D eigenvalue weighted by molar-refractivity contribution is 0.0696. The number of carboxylic acids is 1. The van der Waals surface area contributed by atoms with Crippen LogP contribution in [0.4, 0.5) is 5.69 Å². The lowest BCUT2D eigenvalue weighted by Crippen LogP contribution is -2.16. The Hall–Kier alpha value is -2.27. The molecule has 21 heavy (non-hydrogen) atoms. The number of carboxylic acid groups (broad SMARTS) is 1. The monoisotopic (exact) mass is 304 g/mol. The van der Waals surface area contributed by atoms with Gasteiger partial charge in [-0.2, -0.15) is 0 Å². The van der Waals surface area contributed by atoms with E-state index in [1.54, 1.807) is 12.1 Å². The van der Waals surface area contributed by atoms with E-state index in [2.05, 4.69) is 5.32 Å². The fourth-order valence-electron chi connectivity index (χ4n) is 2.22. The van der Waals surface area contributed by atoms with Crippen LogP contribution in [0.2, 0.25) is 5.02 Å². The normalized spacial score (nSPS) is 14.0. The van der Waals surface area contributed by atoms with Crippen LogP contribution in [0.25, 0.3) is 0 Å². The van der Waals surface area contributed by atoms with E-state index in [-0.39, 0.29) is 16.5 Å². The second kappa shape index (κ2) is 5.26. The summed E-state index contributed by atoms with van der Waals surface area (Å²) in [5, 5.41) is 11.9. The average molecular weight is 305 g/mol. The summed E-state index contributed by atoms with van der Waals surface area (Å²) >= 11 is 5.80. The molecule has 0 radical (unpaired) electrons. The van der Waals surface area contributed by atoms with E-state index >= 15 is 0 Å². The van der Waals surface area contributed by atoms with Crippen LogP contribution in [0, 0.1) is 0 Å². The standard InChI is InChI=1S/C15H13ClN2O3/c16-12-6-3-9(8-11(12)15(20)21)17-14(19)13-2-1-7-18(13)10-4-5-10/h1-3,6-8,10H,4-5H2,(H,17,19)(H,20,21). The molecule has 1 aromatic carbocycles. The number of aromatic carboxylic acids is 1. The molecule has 5 nitrogen and oxygen atoms in total. The summed E-state index contributed by atoms with van der Waals surface area (Å²) in [6.45, 7) is 0. The zero-order valence-corrected chi connectivity index (χ0v) is 11.8. The van der Waals surface area contributed by atoms with E-state index in [1.165, 1.54) is 12.1 Å². The first-order valence-corrected chi connectivity index (χ1v) is 6.95. The maximum absolute atomic E-state index is 12.3. The number of benzene rings is 1. The van der Waals surface area contributed by atoms with Crippen LogP contribution in [-0.4, -0.2) is 21.6 Å². The number of rotatable bonds is 4. The highest BCUT2D eigenvalue weighted by Gasteiger charge is 2.26. The molecule has 1 fully saturated rings. The molecule has 0 aliphatic heterocycles. The van der Waals surface area contributed by atoms with Crippen LogP contribution in [0.15, 0.2) is 36.5 Å². The Bertz CT molecular complexity index is 719. The van der Waals surface area contributed by atoms with E-state index < -0.39 is 5.97 Å². The molecular formula is C15H13ClN2O3. The molecule has 1 amide bonds. The number of hydrogen-bond acceptors (Lipinski definition) is 2. The summed E-state index contributed by atoms with van der Waals surface area (Å²) in [6.07, 6.45) is 4.05. The summed E-state index contributed by atoms with van der Waals surface area (Å²) in [4.78, 5) is 23.3. The summed E-state index contributed by atoms with van der Waals surface area (Å²) in [6, 6.07) is 8.38. The van der Waals surface area contributed by atoms with Gasteiger partial charge in [0.25, 0.3) is 5.91 Å². The fourth-order valence-corrected chi connectivity index (χ4v) is 2.42. The summed E-state index contributed by atoms with van der Waals surface area (Å²) in [7, 11) is 0. The molecule has 0 spiro atoms. The molecule has 0 atom stereocenters. The maximum Gasteiger partial charge on any atom is 0.337 e. The van der Waals surface area contributed by atoms with Crippen molar-refractivity contribution < 1.29 is 14.7 Å². The van der Waals surface area contributed by atoms with Gasteiger partial charge < -0.3 is 15.0 Å². The van der Waals surface area contributed by atoms with Crippen LogP contribution in [0.5, 0.6) is 0 Å². The van der Waals surface area contributed by atoms with E-state index in [9.17, 15) is 9.59 Å². The number of carbonyl (C=O) groups excluding carboxylic acids is 1. The van der Waals surface area contributed by atoms with Gasteiger partial charge in [-0.05, 0) is 43.2 Å². The van der Waals surface area contributed by atoms with E-state index in [0.29, 0.717) is 17.4 Å². The molecule has 108 valence electrons. The van der Waals surface area contributed by atoms with Crippen molar-refractivity contribution in [2.75, 3.05) is 5.32 Å². The van der Waals surface area contributed by atoms with Crippen molar-refractivity contribution in [1.29, 1.82) is 0 Å². The number of anilines is 1. The number of amides is 1. The molecular weight excluding hydrogens is 292 g/mol. The zero-order chi connectivity index (χ0) is 15.0. The van der Waals surface area contributed by atoms with Crippen LogP contribution in [0.1, 0.15) is 39.7 Å². The number of nitrogens with zero attached hydrogens (tertiary/aromatic N) is 1. The van der Waals surface area contributed by atoms with Crippen molar-refractivity contribution in [2.45, 2.75) is 18.9 Å². The minimum absolute atomic E-state index is 0.0351. The predicted molar refractivity (Wildman–Crippen MR) is 79.1 cm³/mol. The van der Waals surface area contributed by atoms with Gasteiger partial charge in [-0.3, -0.25) is 4.79 Å². The first kappa shape index (κ1) is 13.7.